The number of para-hydroxylation sites is 1. The largest absolute Gasteiger partial charge is 0.443 e. The first-order valence-electron chi connectivity index (χ1n) is 6.18. The summed E-state index contributed by atoms with van der Waals surface area (Å²) in [4.78, 5) is 21.9. The summed E-state index contributed by atoms with van der Waals surface area (Å²) in [7, 11) is 0. The molecule has 0 saturated heterocycles. The average molecular weight is 281 g/mol. The molecule has 2 N–H and O–H groups in total. The Morgan fingerprint density at radius 1 is 1.35 bits per heavy atom. The molecule has 1 aromatic rings. The van der Waals surface area contributed by atoms with Gasteiger partial charge in [-0.05, 0) is 27.7 Å². The molecular formula is C13H19N3O4. The summed E-state index contributed by atoms with van der Waals surface area (Å²) in [6.45, 7) is 6.95. The van der Waals surface area contributed by atoms with Crippen LogP contribution in [0.25, 0.3) is 0 Å². The number of nitro benzene ring substituents is 1. The molecule has 0 radical (unpaired) electrons. The van der Waals surface area contributed by atoms with Gasteiger partial charge in [-0.3, -0.25) is 15.5 Å². The summed E-state index contributed by atoms with van der Waals surface area (Å²) in [6.07, 6.45) is -0.636. The van der Waals surface area contributed by atoms with Gasteiger partial charge in [0.25, 0.3) is 5.69 Å². The average Bonchev–Trinajstić information content (AvgIpc) is 2.33. The van der Waals surface area contributed by atoms with Crippen molar-refractivity contribution in [3.63, 3.8) is 0 Å². The molecule has 0 fully saturated rings. The van der Waals surface area contributed by atoms with Gasteiger partial charge in [0.05, 0.1) is 11.0 Å². The molecule has 1 rings (SSSR count). The van der Waals surface area contributed by atoms with E-state index in [0.717, 1.165) is 0 Å². The molecule has 0 aliphatic heterocycles. The van der Waals surface area contributed by atoms with Gasteiger partial charge in [0, 0.05) is 11.6 Å². The third-order valence-electron chi connectivity index (χ3n) is 2.39. The van der Waals surface area contributed by atoms with E-state index in [2.05, 4.69) is 10.9 Å². The maximum absolute atomic E-state index is 11.5. The molecule has 0 aliphatic rings. The Hall–Kier alpha value is -2.15. The van der Waals surface area contributed by atoms with Crippen molar-refractivity contribution < 1.29 is 14.5 Å². The number of hydrogen-bond acceptors (Lipinski definition) is 5. The van der Waals surface area contributed by atoms with E-state index in [4.69, 9.17) is 4.74 Å². The van der Waals surface area contributed by atoms with E-state index < -0.39 is 22.7 Å². The van der Waals surface area contributed by atoms with Gasteiger partial charge in [0.2, 0.25) is 0 Å². The first-order valence-corrected chi connectivity index (χ1v) is 6.18. The number of hydrogen-bond donors (Lipinski definition) is 2. The van der Waals surface area contributed by atoms with Crippen LogP contribution in [-0.2, 0) is 4.74 Å². The van der Waals surface area contributed by atoms with Crippen LogP contribution in [0.4, 0.5) is 10.5 Å². The molecule has 0 aliphatic carbocycles. The minimum Gasteiger partial charge on any atom is -0.443 e. The first kappa shape index (κ1) is 15.9. The first-order chi connectivity index (χ1) is 9.20. The third-order valence-corrected chi connectivity index (χ3v) is 2.39. The highest BCUT2D eigenvalue weighted by Gasteiger charge is 2.20. The smallest absolute Gasteiger partial charge is 0.422 e. The Morgan fingerprint density at radius 2 is 1.95 bits per heavy atom. The highest BCUT2D eigenvalue weighted by Crippen LogP contribution is 2.23. The van der Waals surface area contributed by atoms with E-state index in [-0.39, 0.29) is 5.69 Å². The van der Waals surface area contributed by atoms with Crippen molar-refractivity contribution in [2.24, 2.45) is 0 Å². The molecule has 1 amide bonds. The van der Waals surface area contributed by atoms with E-state index in [0.29, 0.717) is 5.56 Å². The van der Waals surface area contributed by atoms with Crippen molar-refractivity contribution >= 4 is 11.8 Å². The molecule has 7 heteroatoms. The maximum Gasteiger partial charge on any atom is 0.422 e. The molecule has 0 heterocycles. The van der Waals surface area contributed by atoms with Gasteiger partial charge in [-0.25, -0.2) is 10.2 Å². The normalized spacial score (nSPS) is 12.6. The molecule has 1 unspecified atom stereocenters. The molecule has 110 valence electrons. The van der Waals surface area contributed by atoms with Gasteiger partial charge < -0.3 is 4.74 Å². The van der Waals surface area contributed by atoms with Crippen LogP contribution in [0.15, 0.2) is 24.3 Å². The summed E-state index contributed by atoms with van der Waals surface area (Å²) in [6, 6.07) is 5.92. The van der Waals surface area contributed by atoms with Gasteiger partial charge in [0.1, 0.15) is 5.60 Å². The lowest BCUT2D eigenvalue weighted by atomic mass is 10.1. The number of hydrazine groups is 1. The Kier molecular flexibility index (Phi) is 5.04. The fourth-order valence-corrected chi connectivity index (χ4v) is 1.57. The molecule has 1 aromatic carbocycles. The van der Waals surface area contributed by atoms with E-state index in [1.54, 1.807) is 45.9 Å². The Morgan fingerprint density at radius 3 is 2.50 bits per heavy atom. The van der Waals surface area contributed by atoms with E-state index in [1.165, 1.54) is 6.07 Å². The second kappa shape index (κ2) is 6.33. The minimum atomic E-state index is -0.636. The van der Waals surface area contributed by atoms with Crippen LogP contribution in [0.1, 0.15) is 39.3 Å². The molecule has 20 heavy (non-hydrogen) atoms. The second-order valence-electron chi connectivity index (χ2n) is 5.31. The number of benzene rings is 1. The Labute approximate surface area is 117 Å². The van der Waals surface area contributed by atoms with Crippen LogP contribution in [0.3, 0.4) is 0 Å². The monoisotopic (exact) mass is 281 g/mol. The lowest BCUT2D eigenvalue weighted by Gasteiger charge is -2.21. The predicted molar refractivity (Wildman–Crippen MR) is 74.0 cm³/mol. The van der Waals surface area contributed by atoms with Gasteiger partial charge in [-0.15, -0.1) is 0 Å². The second-order valence-corrected chi connectivity index (χ2v) is 5.31. The number of carbonyl (C=O) groups excluding carboxylic acids is 1. The summed E-state index contributed by atoms with van der Waals surface area (Å²) < 4.78 is 5.06. The molecular weight excluding hydrogens is 262 g/mol. The van der Waals surface area contributed by atoms with Gasteiger partial charge in [-0.2, -0.15) is 0 Å². The molecule has 0 saturated carbocycles. The zero-order valence-electron chi connectivity index (χ0n) is 12.0. The van der Waals surface area contributed by atoms with Crippen molar-refractivity contribution in [1.82, 2.24) is 10.9 Å². The van der Waals surface area contributed by atoms with Crippen LogP contribution in [0, 0.1) is 10.1 Å². The Bertz CT molecular complexity index is 497. The van der Waals surface area contributed by atoms with Crippen molar-refractivity contribution in [3.8, 4) is 0 Å². The van der Waals surface area contributed by atoms with E-state index in [1.807, 2.05) is 0 Å². The lowest BCUT2D eigenvalue weighted by molar-refractivity contribution is -0.385. The molecule has 0 aromatic heterocycles. The standard InChI is InChI=1S/C13H19N3O4/c1-9(14-15-12(17)20-13(2,3)4)10-7-5-6-8-11(10)16(18)19/h5-9,14H,1-4H3,(H,15,17). The maximum atomic E-state index is 11.5. The van der Waals surface area contributed by atoms with Crippen molar-refractivity contribution in [1.29, 1.82) is 0 Å². The van der Waals surface area contributed by atoms with E-state index >= 15 is 0 Å². The zero-order valence-corrected chi connectivity index (χ0v) is 12.0. The van der Waals surface area contributed by atoms with Crippen LogP contribution < -0.4 is 10.9 Å². The quantitative estimate of drug-likeness (QED) is 0.653. The summed E-state index contributed by atoms with van der Waals surface area (Å²) in [5, 5.41) is 10.9. The number of nitrogens with one attached hydrogen (secondary N) is 2. The van der Waals surface area contributed by atoms with Crippen LogP contribution in [0.5, 0.6) is 0 Å². The van der Waals surface area contributed by atoms with Gasteiger partial charge in [-0.1, -0.05) is 18.2 Å². The summed E-state index contributed by atoms with van der Waals surface area (Å²) >= 11 is 0. The predicted octanol–water partition coefficient (Wildman–Crippen LogP) is 2.69. The SMILES string of the molecule is CC(NNC(=O)OC(C)(C)C)c1ccccc1[N+](=O)[O-]. The molecule has 0 bridgehead atoms. The number of ether oxygens (including phenoxy) is 1. The topological polar surface area (TPSA) is 93.5 Å². The van der Waals surface area contributed by atoms with Gasteiger partial charge >= 0.3 is 6.09 Å². The summed E-state index contributed by atoms with van der Waals surface area (Å²) in [5.74, 6) is 0. The fraction of sp³-hybridized carbons (Fsp3) is 0.462. The molecule has 1 atom stereocenters. The number of rotatable bonds is 4. The van der Waals surface area contributed by atoms with E-state index in [9.17, 15) is 14.9 Å². The van der Waals surface area contributed by atoms with Gasteiger partial charge in [0.15, 0.2) is 0 Å². The summed E-state index contributed by atoms with van der Waals surface area (Å²) in [5.41, 5.74) is 4.93. The molecule has 7 nitrogen and oxygen atoms in total. The zero-order chi connectivity index (χ0) is 15.3. The van der Waals surface area contributed by atoms with Crippen LogP contribution >= 0.6 is 0 Å². The highest BCUT2D eigenvalue weighted by atomic mass is 16.6. The number of nitro groups is 1. The van der Waals surface area contributed by atoms with Crippen molar-refractivity contribution in [3.05, 3.63) is 39.9 Å². The van der Waals surface area contributed by atoms with Crippen molar-refractivity contribution in [2.45, 2.75) is 39.3 Å². The fourth-order valence-electron chi connectivity index (χ4n) is 1.57. The number of nitrogens with zero attached hydrogens (tertiary/aromatic N) is 1. The number of amides is 1. The minimum absolute atomic E-state index is 0.00140. The lowest BCUT2D eigenvalue weighted by Crippen LogP contribution is -2.42. The van der Waals surface area contributed by atoms with Crippen LogP contribution in [-0.4, -0.2) is 16.6 Å². The van der Waals surface area contributed by atoms with Crippen LogP contribution in [0.2, 0.25) is 0 Å². The van der Waals surface area contributed by atoms with Crippen molar-refractivity contribution in [2.75, 3.05) is 0 Å². The number of carbonyl (C=O) groups is 1. The Balaban J connectivity index is 2.66. The highest BCUT2D eigenvalue weighted by molar-refractivity contribution is 5.67. The molecule has 0 spiro atoms. The third kappa shape index (κ3) is 4.85.